The number of carbonyl (C=O) groups excluding carboxylic acids is 1. The first-order chi connectivity index (χ1) is 27.4. The highest BCUT2D eigenvalue weighted by Gasteiger charge is 2.51. The number of hydrogen-bond acceptors (Lipinski definition) is 11. The van der Waals surface area contributed by atoms with Crippen LogP contribution in [0.25, 0.3) is 11.2 Å². The number of anilines is 1. The van der Waals surface area contributed by atoms with Crippen LogP contribution in [0.4, 0.5) is 5.95 Å². The molecule has 6 atom stereocenters. The number of nitrogens with one attached hydrogen (secondary N) is 1. The number of ether oxygens (including phenoxy) is 3. The first-order valence-corrected chi connectivity index (χ1v) is 23.2. The van der Waals surface area contributed by atoms with Crippen LogP contribution in [-0.2, 0) is 18.6 Å². The summed E-state index contributed by atoms with van der Waals surface area (Å²) in [5.41, 5.74) is 0.832. The maximum atomic E-state index is 12.9. The standard InChI is InChI=1S/C41H46N7O6PSi/c1-3-33-34(53-55-48-23-13-21-32(48)35(54-55)27-56(2,30-17-9-5-10-18-30)31-19-11-6-12-20-31)25-37(52-33)47-28-43-38-39(47)45-41(46-40(38)50-24-14-22-42)44-36(49)26-51-29-15-7-4-8-16-29/h4-12,15-20,28,32-35,37H,3,13-14,21,23-27H2,1-2H3,(H,44,45,46,49)/t32-,33-,34-,35+,37-,55-/m1/s1. The van der Waals surface area contributed by atoms with E-state index in [1.807, 2.05) is 22.8 Å². The molecule has 3 fully saturated rings. The molecule has 56 heavy (non-hydrogen) atoms. The number of nitriles is 1. The number of fused-ring (bicyclic) bond motifs is 2. The topological polar surface area (TPSA) is 146 Å². The number of carbonyl (C=O) groups is 1. The molecule has 0 unspecified atom stereocenters. The van der Waals surface area contributed by atoms with E-state index in [1.54, 1.807) is 18.5 Å². The molecule has 1 N–H and O–H groups in total. The minimum Gasteiger partial charge on any atom is -0.484 e. The van der Waals surface area contributed by atoms with E-state index in [4.69, 9.17) is 33.5 Å². The minimum absolute atomic E-state index is 0.0289. The molecule has 3 aromatic carbocycles. The van der Waals surface area contributed by atoms with E-state index in [2.05, 4.69) is 100 Å². The highest BCUT2D eigenvalue weighted by Crippen LogP contribution is 2.59. The molecule has 13 nitrogen and oxygen atoms in total. The zero-order valence-corrected chi connectivity index (χ0v) is 33.5. The van der Waals surface area contributed by atoms with E-state index in [9.17, 15) is 4.79 Å². The number of amides is 1. The van der Waals surface area contributed by atoms with Gasteiger partial charge >= 0.3 is 0 Å². The molecule has 0 radical (unpaired) electrons. The lowest BCUT2D eigenvalue weighted by Gasteiger charge is -2.32. The van der Waals surface area contributed by atoms with Crippen LogP contribution in [-0.4, -0.2) is 82.3 Å². The summed E-state index contributed by atoms with van der Waals surface area (Å²) in [7, 11) is -3.45. The van der Waals surface area contributed by atoms with Crippen molar-refractivity contribution in [3.05, 3.63) is 97.3 Å². The zero-order valence-electron chi connectivity index (χ0n) is 31.6. The zero-order chi connectivity index (χ0) is 38.5. The Bertz CT molecular complexity index is 2100. The van der Waals surface area contributed by atoms with Crippen LogP contribution in [0.5, 0.6) is 11.6 Å². The second-order valence-electron chi connectivity index (χ2n) is 14.5. The van der Waals surface area contributed by atoms with E-state index in [-0.39, 0.29) is 49.8 Å². The molecule has 3 saturated heterocycles. The van der Waals surface area contributed by atoms with Crippen molar-refractivity contribution in [2.24, 2.45) is 0 Å². The second-order valence-corrected chi connectivity index (χ2v) is 20.2. The minimum atomic E-state index is -2.15. The number of benzene rings is 3. The van der Waals surface area contributed by atoms with Gasteiger partial charge in [-0.3, -0.25) is 14.7 Å². The van der Waals surface area contributed by atoms with Gasteiger partial charge in [-0.25, -0.2) is 9.65 Å². The van der Waals surface area contributed by atoms with Crippen LogP contribution >= 0.6 is 8.53 Å². The molecule has 8 rings (SSSR count). The number of rotatable bonds is 15. The van der Waals surface area contributed by atoms with E-state index in [1.165, 1.54) is 10.4 Å². The lowest BCUT2D eigenvalue weighted by molar-refractivity contribution is -0.118. The monoisotopic (exact) mass is 791 g/mol. The second kappa shape index (κ2) is 17.2. The molecule has 0 spiro atoms. The van der Waals surface area contributed by atoms with Crippen molar-refractivity contribution >= 4 is 50.0 Å². The van der Waals surface area contributed by atoms with Gasteiger partial charge in [0, 0.05) is 19.0 Å². The largest absolute Gasteiger partial charge is 0.484 e. The maximum Gasteiger partial charge on any atom is 0.264 e. The van der Waals surface area contributed by atoms with Crippen molar-refractivity contribution in [3.63, 3.8) is 0 Å². The predicted molar refractivity (Wildman–Crippen MR) is 215 cm³/mol. The van der Waals surface area contributed by atoms with Gasteiger partial charge in [-0.15, -0.1) is 0 Å². The van der Waals surface area contributed by atoms with Crippen molar-refractivity contribution in [3.8, 4) is 17.7 Å². The summed E-state index contributed by atoms with van der Waals surface area (Å²) >= 11 is 0. The highest BCUT2D eigenvalue weighted by atomic mass is 31.2. The molecule has 0 saturated carbocycles. The van der Waals surface area contributed by atoms with Gasteiger partial charge in [-0.2, -0.15) is 15.2 Å². The first kappa shape index (κ1) is 38.1. The number of imidazole rings is 1. The average molecular weight is 792 g/mol. The summed E-state index contributed by atoms with van der Waals surface area (Å²) in [4.78, 5) is 26.6. The van der Waals surface area contributed by atoms with E-state index in [0.29, 0.717) is 29.4 Å². The van der Waals surface area contributed by atoms with Crippen LogP contribution in [0.2, 0.25) is 12.6 Å². The Balaban J connectivity index is 1.00. The number of hydrogen-bond donors (Lipinski definition) is 1. The fraction of sp³-hybridized carbons (Fsp3) is 0.390. The van der Waals surface area contributed by atoms with E-state index < -0.39 is 28.7 Å². The Hall–Kier alpha value is -4.74. The quantitative estimate of drug-likeness (QED) is 0.0735. The Morgan fingerprint density at radius 3 is 2.41 bits per heavy atom. The Morgan fingerprint density at radius 2 is 1.71 bits per heavy atom. The Kier molecular flexibility index (Phi) is 11.7. The fourth-order valence-electron chi connectivity index (χ4n) is 8.02. The van der Waals surface area contributed by atoms with Gasteiger partial charge in [0.25, 0.3) is 14.4 Å². The average Bonchev–Trinajstić information content (AvgIpc) is 4.04. The maximum absolute atomic E-state index is 12.9. The molecule has 1 amide bonds. The first-order valence-electron chi connectivity index (χ1n) is 19.3. The van der Waals surface area contributed by atoms with Crippen molar-refractivity contribution in [2.45, 2.75) is 82.2 Å². The number of nitrogens with zero attached hydrogens (tertiary/aromatic N) is 6. The molecule has 5 heterocycles. The summed E-state index contributed by atoms with van der Waals surface area (Å²) in [6.45, 7) is 5.40. The molecule has 3 aliphatic heterocycles. The molecule has 290 valence electrons. The molecular formula is C41H46N7O6PSi. The van der Waals surface area contributed by atoms with Crippen LogP contribution in [0, 0.1) is 11.3 Å². The third-order valence-electron chi connectivity index (χ3n) is 10.9. The SMILES string of the molecule is CC[C@H]1O[C@@H](n2cnc3c(OCCC#N)nc(NC(=O)COc4ccccc4)nc32)C[C@H]1O[P@]1O[C@@H](C[Si](C)(c2ccccc2)c2ccccc2)[C@H]2CCCN21. The van der Waals surface area contributed by atoms with E-state index >= 15 is 0 Å². The fourth-order valence-corrected chi connectivity index (χ4v) is 14.0. The summed E-state index contributed by atoms with van der Waals surface area (Å²) in [6.07, 6.45) is 4.55. The normalized spacial score (nSPS) is 23.5. The summed E-state index contributed by atoms with van der Waals surface area (Å²) in [5, 5.41) is 14.7. The molecule has 0 aliphatic carbocycles. The van der Waals surface area contributed by atoms with Crippen molar-refractivity contribution in [1.29, 1.82) is 5.26 Å². The van der Waals surface area contributed by atoms with Crippen LogP contribution < -0.4 is 25.2 Å². The van der Waals surface area contributed by atoms with E-state index in [0.717, 1.165) is 31.9 Å². The van der Waals surface area contributed by atoms with Crippen molar-refractivity contribution in [1.82, 2.24) is 24.2 Å². The molecule has 15 heteroatoms. The number of para-hydroxylation sites is 1. The van der Waals surface area contributed by atoms with Crippen molar-refractivity contribution < 1.29 is 28.1 Å². The van der Waals surface area contributed by atoms with Gasteiger partial charge < -0.3 is 23.3 Å². The lowest BCUT2D eigenvalue weighted by Crippen LogP contribution is -2.58. The Morgan fingerprint density at radius 1 is 1.00 bits per heavy atom. The van der Waals surface area contributed by atoms with Gasteiger partial charge in [0.15, 0.2) is 17.8 Å². The summed E-state index contributed by atoms with van der Waals surface area (Å²) < 4.78 is 36.4. The molecular weight excluding hydrogens is 746 g/mol. The van der Waals surface area contributed by atoms with Crippen LogP contribution in [0.3, 0.4) is 0 Å². The van der Waals surface area contributed by atoms with Gasteiger partial charge in [0.2, 0.25) is 11.8 Å². The molecule has 0 bridgehead atoms. The molecule has 3 aliphatic rings. The summed E-state index contributed by atoms with van der Waals surface area (Å²) in [6, 6.07) is 34.4. The van der Waals surface area contributed by atoms with Gasteiger partial charge in [0.05, 0.1) is 37.1 Å². The smallest absolute Gasteiger partial charge is 0.264 e. The van der Waals surface area contributed by atoms with Gasteiger partial charge in [0.1, 0.15) is 26.7 Å². The highest BCUT2D eigenvalue weighted by molar-refractivity contribution is 7.45. The molecule has 2 aromatic heterocycles. The number of aromatic nitrogens is 4. The molecule has 5 aromatic rings. The predicted octanol–water partition coefficient (Wildman–Crippen LogP) is 6.20. The third kappa shape index (κ3) is 8.07. The van der Waals surface area contributed by atoms with Gasteiger partial charge in [-0.05, 0) is 37.4 Å². The Labute approximate surface area is 328 Å². The third-order valence-corrected chi connectivity index (χ3v) is 17.1. The lowest BCUT2D eigenvalue weighted by atomic mass is 10.1. The van der Waals surface area contributed by atoms with Crippen LogP contribution in [0.1, 0.15) is 45.3 Å². The van der Waals surface area contributed by atoms with Crippen LogP contribution in [0.15, 0.2) is 97.3 Å². The summed E-state index contributed by atoms with van der Waals surface area (Å²) in [5.74, 6) is 0.322. The van der Waals surface area contributed by atoms with Gasteiger partial charge in [-0.1, -0.05) is 103 Å². The van der Waals surface area contributed by atoms with Crippen molar-refractivity contribution in [2.75, 3.05) is 25.1 Å².